The van der Waals surface area contributed by atoms with Crippen molar-refractivity contribution in [3.05, 3.63) is 52.8 Å². The van der Waals surface area contributed by atoms with Crippen LogP contribution in [-0.4, -0.2) is 11.0 Å². The van der Waals surface area contributed by atoms with Crippen LogP contribution < -0.4 is 0 Å². The SMILES string of the molecule is Cc1oc(C)c(C(=O)OCc2nc3ccccc3o2)c1C. The second kappa shape index (κ2) is 5.09. The molecule has 0 aliphatic rings. The van der Waals surface area contributed by atoms with E-state index in [-0.39, 0.29) is 6.61 Å². The van der Waals surface area contributed by atoms with Gasteiger partial charge in [0, 0.05) is 5.56 Å². The van der Waals surface area contributed by atoms with E-state index in [1.54, 1.807) is 6.92 Å². The van der Waals surface area contributed by atoms with Gasteiger partial charge in [0.15, 0.2) is 12.2 Å². The first-order chi connectivity index (χ1) is 10.1. The molecule has 5 heteroatoms. The molecular weight excluding hydrogens is 270 g/mol. The van der Waals surface area contributed by atoms with Crippen molar-refractivity contribution in [2.45, 2.75) is 27.4 Å². The molecule has 0 spiro atoms. The number of carbonyl (C=O) groups excluding carboxylic acids is 1. The van der Waals surface area contributed by atoms with Crippen molar-refractivity contribution in [2.24, 2.45) is 0 Å². The molecule has 3 rings (SSSR count). The maximum Gasteiger partial charge on any atom is 0.342 e. The number of ether oxygens (including phenoxy) is 1. The fourth-order valence-electron chi connectivity index (χ4n) is 2.28. The first-order valence-electron chi connectivity index (χ1n) is 6.64. The molecule has 2 aromatic heterocycles. The Balaban J connectivity index is 1.76. The third-order valence-corrected chi connectivity index (χ3v) is 3.43. The molecule has 0 aliphatic heterocycles. The number of carbonyl (C=O) groups is 1. The van der Waals surface area contributed by atoms with E-state index in [0.717, 1.165) is 16.8 Å². The molecule has 1 aromatic carbocycles. The van der Waals surface area contributed by atoms with Crippen LogP contribution in [0.25, 0.3) is 11.1 Å². The highest BCUT2D eigenvalue weighted by Gasteiger charge is 2.20. The van der Waals surface area contributed by atoms with Crippen molar-refractivity contribution < 1.29 is 18.4 Å². The molecule has 0 radical (unpaired) electrons. The number of esters is 1. The zero-order chi connectivity index (χ0) is 15.0. The molecule has 21 heavy (non-hydrogen) atoms. The van der Waals surface area contributed by atoms with E-state index in [1.165, 1.54) is 0 Å². The van der Waals surface area contributed by atoms with Crippen molar-refractivity contribution in [3.8, 4) is 0 Å². The predicted molar refractivity (Wildman–Crippen MR) is 76.0 cm³/mol. The lowest BCUT2D eigenvalue weighted by atomic mass is 10.1. The minimum Gasteiger partial charge on any atom is -0.465 e. The van der Waals surface area contributed by atoms with Gasteiger partial charge in [-0.2, -0.15) is 0 Å². The molecule has 0 N–H and O–H groups in total. The second-order valence-corrected chi connectivity index (χ2v) is 4.87. The number of hydrogen-bond acceptors (Lipinski definition) is 5. The van der Waals surface area contributed by atoms with E-state index in [0.29, 0.717) is 22.8 Å². The number of rotatable bonds is 3. The summed E-state index contributed by atoms with van der Waals surface area (Å²) in [6.07, 6.45) is 0. The van der Waals surface area contributed by atoms with E-state index in [2.05, 4.69) is 4.98 Å². The normalized spacial score (nSPS) is 11.0. The monoisotopic (exact) mass is 285 g/mol. The maximum atomic E-state index is 12.1. The summed E-state index contributed by atoms with van der Waals surface area (Å²) in [5, 5.41) is 0. The fourth-order valence-corrected chi connectivity index (χ4v) is 2.28. The van der Waals surface area contributed by atoms with Gasteiger partial charge in [-0.3, -0.25) is 0 Å². The van der Waals surface area contributed by atoms with Gasteiger partial charge in [-0.25, -0.2) is 9.78 Å². The first kappa shape index (κ1) is 13.4. The number of nitrogens with zero attached hydrogens (tertiary/aromatic N) is 1. The predicted octanol–water partition coefficient (Wildman–Crippen LogP) is 3.70. The van der Waals surface area contributed by atoms with Crippen molar-refractivity contribution in [3.63, 3.8) is 0 Å². The molecule has 0 bridgehead atoms. The van der Waals surface area contributed by atoms with Gasteiger partial charge in [0.25, 0.3) is 0 Å². The fraction of sp³-hybridized carbons (Fsp3) is 0.250. The Morgan fingerprint density at radius 3 is 2.57 bits per heavy atom. The second-order valence-electron chi connectivity index (χ2n) is 4.87. The van der Waals surface area contributed by atoms with Crippen LogP contribution in [0.1, 0.15) is 33.3 Å². The van der Waals surface area contributed by atoms with Crippen molar-refractivity contribution in [2.75, 3.05) is 0 Å². The molecule has 0 aliphatic carbocycles. The highest BCUT2D eigenvalue weighted by atomic mass is 16.5. The van der Waals surface area contributed by atoms with E-state index in [1.807, 2.05) is 38.1 Å². The smallest absolute Gasteiger partial charge is 0.342 e. The van der Waals surface area contributed by atoms with Crippen LogP contribution in [0.2, 0.25) is 0 Å². The number of aromatic nitrogens is 1. The average molecular weight is 285 g/mol. The Hall–Kier alpha value is -2.56. The van der Waals surface area contributed by atoms with Gasteiger partial charge in [0.05, 0.1) is 0 Å². The molecule has 0 fully saturated rings. The van der Waals surface area contributed by atoms with Crippen LogP contribution in [0.4, 0.5) is 0 Å². The average Bonchev–Trinajstić information content (AvgIpc) is 2.97. The molecule has 0 saturated carbocycles. The summed E-state index contributed by atoms with van der Waals surface area (Å²) in [4.78, 5) is 16.4. The summed E-state index contributed by atoms with van der Waals surface area (Å²) >= 11 is 0. The molecule has 0 saturated heterocycles. The van der Waals surface area contributed by atoms with E-state index < -0.39 is 5.97 Å². The maximum absolute atomic E-state index is 12.1. The Bertz CT molecular complexity index is 780. The summed E-state index contributed by atoms with van der Waals surface area (Å²) in [5.74, 6) is 1.23. The zero-order valence-corrected chi connectivity index (χ0v) is 12.1. The molecule has 108 valence electrons. The number of aryl methyl sites for hydroxylation is 2. The lowest BCUT2D eigenvalue weighted by Crippen LogP contribution is -2.07. The number of hydrogen-bond donors (Lipinski definition) is 0. The quantitative estimate of drug-likeness (QED) is 0.686. The molecule has 0 amide bonds. The molecular formula is C16H15NO4. The molecule has 2 heterocycles. The van der Waals surface area contributed by atoms with E-state index in [9.17, 15) is 4.79 Å². The topological polar surface area (TPSA) is 65.5 Å². The minimum absolute atomic E-state index is 0.00335. The number of furan rings is 1. The van der Waals surface area contributed by atoms with Gasteiger partial charge in [-0.05, 0) is 32.9 Å². The third-order valence-electron chi connectivity index (χ3n) is 3.43. The van der Waals surface area contributed by atoms with Gasteiger partial charge in [-0.1, -0.05) is 12.1 Å². The Morgan fingerprint density at radius 1 is 1.14 bits per heavy atom. The third kappa shape index (κ3) is 2.42. The number of oxazole rings is 1. The zero-order valence-electron chi connectivity index (χ0n) is 12.1. The molecule has 3 aromatic rings. The Morgan fingerprint density at radius 2 is 1.90 bits per heavy atom. The van der Waals surface area contributed by atoms with Crippen LogP contribution >= 0.6 is 0 Å². The first-order valence-corrected chi connectivity index (χ1v) is 6.64. The molecule has 5 nitrogen and oxygen atoms in total. The summed E-state index contributed by atoms with van der Waals surface area (Å²) in [6, 6.07) is 7.41. The number of para-hydroxylation sites is 2. The van der Waals surface area contributed by atoms with Crippen LogP contribution in [0.15, 0.2) is 33.1 Å². The highest BCUT2D eigenvalue weighted by molar-refractivity contribution is 5.92. The van der Waals surface area contributed by atoms with Gasteiger partial charge >= 0.3 is 5.97 Å². The lowest BCUT2D eigenvalue weighted by Gasteiger charge is -2.02. The largest absolute Gasteiger partial charge is 0.465 e. The van der Waals surface area contributed by atoms with Gasteiger partial charge in [-0.15, -0.1) is 0 Å². The lowest BCUT2D eigenvalue weighted by molar-refractivity contribution is 0.0437. The van der Waals surface area contributed by atoms with Crippen molar-refractivity contribution in [1.82, 2.24) is 4.98 Å². The minimum atomic E-state index is -0.427. The summed E-state index contributed by atoms with van der Waals surface area (Å²) in [6.45, 7) is 5.40. The highest BCUT2D eigenvalue weighted by Crippen LogP contribution is 2.22. The molecule has 0 atom stereocenters. The summed E-state index contributed by atoms with van der Waals surface area (Å²) in [5.41, 5.74) is 2.70. The van der Waals surface area contributed by atoms with E-state index >= 15 is 0 Å². The van der Waals surface area contributed by atoms with Crippen LogP contribution in [0, 0.1) is 20.8 Å². The van der Waals surface area contributed by atoms with Gasteiger partial charge in [0.1, 0.15) is 22.6 Å². The standard InChI is InChI=1S/C16H15NO4/c1-9-10(2)20-11(3)15(9)16(18)19-8-14-17-12-6-4-5-7-13(12)21-14/h4-7H,8H2,1-3H3. The van der Waals surface area contributed by atoms with Crippen LogP contribution in [0.5, 0.6) is 0 Å². The van der Waals surface area contributed by atoms with Gasteiger partial charge < -0.3 is 13.6 Å². The number of fused-ring (bicyclic) bond motifs is 1. The van der Waals surface area contributed by atoms with Crippen LogP contribution in [-0.2, 0) is 11.3 Å². The Labute approximate surface area is 121 Å². The van der Waals surface area contributed by atoms with E-state index in [4.69, 9.17) is 13.6 Å². The van der Waals surface area contributed by atoms with Gasteiger partial charge in [0.2, 0.25) is 5.89 Å². The summed E-state index contributed by atoms with van der Waals surface area (Å²) < 4.78 is 16.2. The van der Waals surface area contributed by atoms with Crippen LogP contribution in [0.3, 0.4) is 0 Å². The van der Waals surface area contributed by atoms with Crippen molar-refractivity contribution in [1.29, 1.82) is 0 Å². The van der Waals surface area contributed by atoms with Crippen molar-refractivity contribution >= 4 is 17.1 Å². The molecule has 0 unspecified atom stereocenters. The number of benzene rings is 1. The summed E-state index contributed by atoms with van der Waals surface area (Å²) in [7, 11) is 0. The Kier molecular flexibility index (Phi) is 3.25.